The first kappa shape index (κ1) is 20.1. The van der Waals surface area contributed by atoms with E-state index < -0.39 is 0 Å². The SMILES string of the molecule is CCn1c(SCc2ccc(C(=O)NCC(C)C)cc2)nnc1-c1ccncc1. The summed E-state index contributed by atoms with van der Waals surface area (Å²) in [5.41, 5.74) is 2.83. The average molecular weight is 396 g/mol. The van der Waals surface area contributed by atoms with Gasteiger partial charge in [0.25, 0.3) is 5.91 Å². The van der Waals surface area contributed by atoms with Gasteiger partial charge in [0.05, 0.1) is 0 Å². The number of carbonyl (C=O) groups excluding carboxylic acids is 1. The molecule has 3 rings (SSSR count). The minimum absolute atomic E-state index is 0.0272. The van der Waals surface area contributed by atoms with Crippen molar-refractivity contribution < 1.29 is 4.79 Å². The van der Waals surface area contributed by atoms with Gasteiger partial charge in [-0.05, 0) is 42.7 Å². The minimum Gasteiger partial charge on any atom is -0.352 e. The van der Waals surface area contributed by atoms with Crippen LogP contribution in [0.2, 0.25) is 0 Å². The van der Waals surface area contributed by atoms with Gasteiger partial charge in [0.15, 0.2) is 11.0 Å². The van der Waals surface area contributed by atoms with Crippen LogP contribution in [-0.4, -0.2) is 32.2 Å². The van der Waals surface area contributed by atoms with Crippen molar-refractivity contribution in [3.05, 3.63) is 59.9 Å². The monoisotopic (exact) mass is 395 g/mol. The molecule has 0 fully saturated rings. The van der Waals surface area contributed by atoms with Gasteiger partial charge in [-0.15, -0.1) is 10.2 Å². The average Bonchev–Trinajstić information content (AvgIpc) is 3.14. The van der Waals surface area contributed by atoms with E-state index in [1.807, 2.05) is 36.4 Å². The van der Waals surface area contributed by atoms with Crippen molar-refractivity contribution in [2.75, 3.05) is 6.54 Å². The van der Waals surface area contributed by atoms with Gasteiger partial charge in [-0.3, -0.25) is 9.78 Å². The number of amides is 1. The van der Waals surface area contributed by atoms with E-state index in [1.165, 1.54) is 0 Å². The fraction of sp³-hybridized carbons (Fsp3) is 0.333. The van der Waals surface area contributed by atoms with Gasteiger partial charge in [-0.2, -0.15) is 0 Å². The lowest BCUT2D eigenvalue weighted by Crippen LogP contribution is -2.27. The molecule has 0 saturated heterocycles. The maximum atomic E-state index is 12.1. The van der Waals surface area contributed by atoms with Gasteiger partial charge in [0, 0.05) is 42.4 Å². The molecule has 0 bridgehead atoms. The van der Waals surface area contributed by atoms with Crippen LogP contribution in [0.4, 0.5) is 0 Å². The van der Waals surface area contributed by atoms with Crippen LogP contribution >= 0.6 is 11.8 Å². The number of hydrogen-bond acceptors (Lipinski definition) is 5. The molecule has 0 radical (unpaired) electrons. The molecule has 1 N–H and O–H groups in total. The summed E-state index contributed by atoms with van der Waals surface area (Å²) < 4.78 is 2.10. The highest BCUT2D eigenvalue weighted by atomic mass is 32.2. The quantitative estimate of drug-likeness (QED) is 0.583. The first-order valence-electron chi connectivity index (χ1n) is 9.42. The van der Waals surface area contributed by atoms with Crippen molar-refractivity contribution in [1.82, 2.24) is 25.1 Å². The number of aromatic nitrogens is 4. The molecule has 0 unspecified atom stereocenters. The minimum atomic E-state index is -0.0272. The number of rotatable bonds is 8. The van der Waals surface area contributed by atoms with Crippen LogP contribution < -0.4 is 5.32 Å². The highest BCUT2D eigenvalue weighted by molar-refractivity contribution is 7.98. The van der Waals surface area contributed by atoms with Crippen LogP contribution in [0.25, 0.3) is 11.4 Å². The van der Waals surface area contributed by atoms with Crippen molar-refractivity contribution >= 4 is 17.7 Å². The van der Waals surface area contributed by atoms with E-state index in [-0.39, 0.29) is 5.91 Å². The molecule has 2 heterocycles. The molecule has 0 saturated carbocycles. The maximum Gasteiger partial charge on any atom is 0.251 e. The summed E-state index contributed by atoms with van der Waals surface area (Å²) in [5, 5.41) is 12.5. The van der Waals surface area contributed by atoms with Crippen LogP contribution in [0.5, 0.6) is 0 Å². The molecule has 0 spiro atoms. The van der Waals surface area contributed by atoms with Crippen molar-refractivity contribution in [3.63, 3.8) is 0 Å². The zero-order chi connectivity index (χ0) is 19.9. The summed E-state index contributed by atoms with van der Waals surface area (Å²) in [5.74, 6) is 2.03. The number of pyridine rings is 1. The third-order valence-electron chi connectivity index (χ3n) is 4.23. The standard InChI is InChI=1S/C21H25N5OS/c1-4-26-19(17-9-11-22-12-10-17)24-25-21(26)28-14-16-5-7-18(8-6-16)20(27)23-13-15(2)3/h5-12,15H,4,13-14H2,1-3H3,(H,23,27). The zero-order valence-electron chi connectivity index (χ0n) is 16.4. The molecule has 2 aromatic heterocycles. The zero-order valence-corrected chi connectivity index (χ0v) is 17.2. The highest BCUT2D eigenvalue weighted by Gasteiger charge is 2.13. The normalized spacial score (nSPS) is 11.0. The fourth-order valence-electron chi connectivity index (χ4n) is 2.69. The second kappa shape index (κ2) is 9.50. The first-order chi connectivity index (χ1) is 13.6. The lowest BCUT2D eigenvalue weighted by Gasteiger charge is -2.09. The summed E-state index contributed by atoms with van der Waals surface area (Å²) in [6.07, 6.45) is 3.52. The topological polar surface area (TPSA) is 72.7 Å². The highest BCUT2D eigenvalue weighted by Crippen LogP contribution is 2.26. The third-order valence-corrected chi connectivity index (χ3v) is 5.26. The van der Waals surface area contributed by atoms with Gasteiger partial charge in [0.1, 0.15) is 0 Å². The summed E-state index contributed by atoms with van der Waals surface area (Å²) in [6.45, 7) is 7.72. The predicted octanol–water partition coefficient (Wildman–Crippen LogP) is 4.04. The molecule has 28 heavy (non-hydrogen) atoms. The Balaban J connectivity index is 1.64. The smallest absolute Gasteiger partial charge is 0.251 e. The summed E-state index contributed by atoms with van der Waals surface area (Å²) in [4.78, 5) is 16.2. The largest absolute Gasteiger partial charge is 0.352 e. The second-order valence-electron chi connectivity index (χ2n) is 6.88. The Morgan fingerprint density at radius 1 is 1.11 bits per heavy atom. The number of benzene rings is 1. The molecule has 7 heteroatoms. The molecule has 1 aromatic carbocycles. The molecule has 6 nitrogen and oxygen atoms in total. The molecule has 146 valence electrons. The molecule has 0 aliphatic rings. The van der Waals surface area contributed by atoms with E-state index in [4.69, 9.17) is 0 Å². The van der Waals surface area contributed by atoms with Crippen LogP contribution in [-0.2, 0) is 12.3 Å². The number of carbonyl (C=O) groups is 1. The molecule has 1 amide bonds. The molecule has 0 atom stereocenters. The number of hydrogen-bond donors (Lipinski definition) is 1. The van der Waals surface area contributed by atoms with Crippen molar-refractivity contribution in [2.45, 2.75) is 38.2 Å². The Hall–Kier alpha value is -2.67. The lowest BCUT2D eigenvalue weighted by atomic mass is 10.1. The van der Waals surface area contributed by atoms with Crippen LogP contribution in [0.1, 0.15) is 36.7 Å². The molecular formula is C21H25N5OS. The summed E-state index contributed by atoms with van der Waals surface area (Å²) in [6, 6.07) is 11.6. The third kappa shape index (κ3) is 4.98. The second-order valence-corrected chi connectivity index (χ2v) is 7.82. The Bertz CT molecular complexity index is 906. The van der Waals surface area contributed by atoms with Crippen molar-refractivity contribution in [2.24, 2.45) is 5.92 Å². The van der Waals surface area contributed by atoms with Gasteiger partial charge < -0.3 is 9.88 Å². The van der Waals surface area contributed by atoms with Gasteiger partial charge >= 0.3 is 0 Å². The molecule has 0 aliphatic heterocycles. The van der Waals surface area contributed by atoms with E-state index >= 15 is 0 Å². The molecule has 3 aromatic rings. The van der Waals surface area contributed by atoms with E-state index in [0.29, 0.717) is 18.0 Å². The Kier molecular flexibility index (Phi) is 6.81. The van der Waals surface area contributed by atoms with E-state index in [0.717, 1.165) is 34.4 Å². The van der Waals surface area contributed by atoms with Crippen molar-refractivity contribution in [3.8, 4) is 11.4 Å². The molecular weight excluding hydrogens is 370 g/mol. The van der Waals surface area contributed by atoms with Crippen LogP contribution in [0.3, 0.4) is 0 Å². The van der Waals surface area contributed by atoms with Crippen molar-refractivity contribution in [1.29, 1.82) is 0 Å². The molecule has 0 aliphatic carbocycles. The fourth-order valence-corrected chi connectivity index (χ4v) is 3.65. The van der Waals surface area contributed by atoms with Crippen LogP contribution in [0, 0.1) is 5.92 Å². The van der Waals surface area contributed by atoms with Gasteiger partial charge in [-0.25, -0.2) is 0 Å². The van der Waals surface area contributed by atoms with E-state index in [2.05, 4.69) is 45.8 Å². The number of nitrogens with one attached hydrogen (secondary N) is 1. The van der Waals surface area contributed by atoms with Crippen LogP contribution in [0.15, 0.2) is 53.9 Å². The van der Waals surface area contributed by atoms with E-state index in [1.54, 1.807) is 24.2 Å². The Morgan fingerprint density at radius 3 is 2.46 bits per heavy atom. The predicted molar refractivity (Wildman–Crippen MR) is 112 cm³/mol. The first-order valence-corrected chi connectivity index (χ1v) is 10.4. The Labute approximate surface area is 169 Å². The maximum absolute atomic E-state index is 12.1. The lowest BCUT2D eigenvalue weighted by molar-refractivity contribution is 0.0949. The number of nitrogens with zero attached hydrogens (tertiary/aromatic N) is 4. The van der Waals surface area contributed by atoms with E-state index in [9.17, 15) is 4.79 Å². The Morgan fingerprint density at radius 2 is 1.82 bits per heavy atom. The van der Waals surface area contributed by atoms with Gasteiger partial charge in [-0.1, -0.05) is 37.7 Å². The number of thioether (sulfide) groups is 1. The summed E-state index contributed by atoms with van der Waals surface area (Å²) >= 11 is 1.64. The summed E-state index contributed by atoms with van der Waals surface area (Å²) in [7, 11) is 0. The van der Waals surface area contributed by atoms with Gasteiger partial charge in [0.2, 0.25) is 0 Å².